The van der Waals surface area contributed by atoms with Crippen LogP contribution in [0.4, 0.5) is 5.69 Å². The molecule has 4 aliphatic rings. The Labute approximate surface area is 207 Å². The van der Waals surface area contributed by atoms with Gasteiger partial charge < -0.3 is 0 Å². The Morgan fingerprint density at radius 3 is 1.52 bits per heavy atom. The molecule has 2 amide bonds. The molecule has 1 saturated heterocycles. The molecule has 1 aliphatic heterocycles. The molecular formula is C28H17Br2NO2. The summed E-state index contributed by atoms with van der Waals surface area (Å²) < 4.78 is -1.54. The normalized spacial score (nSPS) is 29.2. The number of anilines is 1. The molecular weight excluding hydrogens is 542 g/mol. The third-order valence-corrected chi connectivity index (χ3v) is 10.3. The Kier molecular flexibility index (Phi) is 3.83. The number of amides is 2. The number of imide groups is 1. The van der Waals surface area contributed by atoms with Crippen LogP contribution >= 0.6 is 31.9 Å². The van der Waals surface area contributed by atoms with Crippen molar-refractivity contribution in [2.75, 3.05) is 4.90 Å². The zero-order valence-corrected chi connectivity index (χ0v) is 20.5. The Hall–Kier alpha value is -2.76. The minimum absolute atomic E-state index is 0.161. The standard InChI is InChI=1S/C28H17Br2NO2/c29-27-18-11-3-4-12-19(18)28(30,21-14-6-5-13-20(21)27)24-23(27)25(32)31(26(24)33)22-15-7-9-16-8-1-2-10-17(16)22/h1-15,23-24H/t23-,24-,27?,28?/m0/s1. The second kappa shape index (κ2) is 6.43. The van der Waals surface area contributed by atoms with E-state index in [2.05, 4.69) is 56.1 Å². The predicted molar refractivity (Wildman–Crippen MR) is 136 cm³/mol. The first-order chi connectivity index (χ1) is 16.0. The highest BCUT2D eigenvalue weighted by Crippen LogP contribution is 2.70. The number of halogens is 2. The van der Waals surface area contributed by atoms with Crippen LogP contribution < -0.4 is 4.90 Å². The average Bonchev–Trinajstić information content (AvgIpc) is 3.13. The zero-order chi connectivity index (χ0) is 22.5. The molecule has 1 heterocycles. The van der Waals surface area contributed by atoms with E-state index >= 15 is 0 Å². The molecule has 4 aromatic rings. The fourth-order valence-corrected chi connectivity index (χ4v) is 8.61. The summed E-state index contributed by atoms with van der Waals surface area (Å²) in [6, 6.07) is 30.0. The fraction of sp³-hybridized carbons (Fsp3) is 0.143. The van der Waals surface area contributed by atoms with Crippen molar-refractivity contribution in [3.63, 3.8) is 0 Å². The van der Waals surface area contributed by atoms with Gasteiger partial charge in [-0.3, -0.25) is 9.59 Å². The van der Waals surface area contributed by atoms with Crippen molar-refractivity contribution in [1.82, 2.24) is 0 Å². The minimum atomic E-state index is -0.771. The summed E-state index contributed by atoms with van der Waals surface area (Å²) in [5.74, 6) is -1.45. The molecule has 2 bridgehead atoms. The van der Waals surface area contributed by atoms with Crippen LogP contribution in [0.1, 0.15) is 22.3 Å². The van der Waals surface area contributed by atoms with Gasteiger partial charge in [-0.05, 0) is 33.7 Å². The van der Waals surface area contributed by atoms with Crippen molar-refractivity contribution >= 4 is 60.1 Å². The second-order valence-corrected chi connectivity index (χ2v) is 11.5. The molecule has 0 aromatic heterocycles. The molecule has 33 heavy (non-hydrogen) atoms. The van der Waals surface area contributed by atoms with Crippen molar-refractivity contribution in [3.05, 3.63) is 113 Å². The van der Waals surface area contributed by atoms with E-state index in [1.807, 2.05) is 66.7 Å². The molecule has 0 unspecified atom stereocenters. The van der Waals surface area contributed by atoms with E-state index in [0.717, 1.165) is 33.0 Å². The molecule has 8 rings (SSSR count). The van der Waals surface area contributed by atoms with Crippen LogP contribution in [-0.2, 0) is 18.2 Å². The number of fused-ring (bicyclic) bond motifs is 1. The quantitative estimate of drug-likeness (QED) is 0.204. The van der Waals surface area contributed by atoms with E-state index in [4.69, 9.17) is 0 Å². The first kappa shape index (κ1) is 19.7. The maximum Gasteiger partial charge on any atom is 0.239 e. The van der Waals surface area contributed by atoms with E-state index < -0.39 is 20.5 Å². The van der Waals surface area contributed by atoms with Crippen molar-refractivity contribution in [1.29, 1.82) is 0 Å². The van der Waals surface area contributed by atoms with Crippen LogP contribution in [0, 0.1) is 11.8 Å². The Balaban J connectivity index is 1.53. The molecule has 0 spiro atoms. The number of carbonyl (C=O) groups is 2. The summed E-state index contributed by atoms with van der Waals surface area (Å²) >= 11 is 8.12. The highest BCUT2D eigenvalue weighted by atomic mass is 79.9. The van der Waals surface area contributed by atoms with Gasteiger partial charge in [0, 0.05) is 5.39 Å². The third kappa shape index (κ3) is 2.16. The molecule has 0 saturated carbocycles. The maximum absolute atomic E-state index is 14.2. The lowest BCUT2D eigenvalue weighted by molar-refractivity contribution is -0.122. The van der Waals surface area contributed by atoms with Crippen molar-refractivity contribution < 1.29 is 9.59 Å². The number of carbonyl (C=O) groups excluding carboxylic acids is 2. The zero-order valence-electron chi connectivity index (χ0n) is 17.3. The van der Waals surface area contributed by atoms with E-state index in [9.17, 15) is 9.59 Å². The van der Waals surface area contributed by atoms with Gasteiger partial charge in [-0.1, -0.05) is 117 Å². The largest absolute Gasteiger partial charge is 0.274 e. The van der Waals surface area contributed by atoms with E-state index in [0.29, 0.717) is 5.69 Å². The molecule has 3 nitrogen and oxygen atoms in total. The first-order valence-corrected chi connectivity index (χ1v) is 12.5. The van der Waals surface area contributed by atoms with Gasteiger partial charge in [0.15, 0.2) is 0 Å². The van der Waals surface area contributed by atoms with Gasteiger partial charge in [0.1, 0.15) is 0 Å². The van der Waals surface area contributed by atoms with Gasteiger partial charge in [0.2, 0.25) is 11.8 Å². The Bertz CT molecular complexity index is 1400. The molecule has 0 radical (unpaired) electrons. The van der Waals surface area contributed by atoms with Crippen LogP contribution in [-0.4, -0.2) is 11.8 Å². The smallest absolute Gasteiger partial charge is 0.239 e. The molecule has 2 atom stereocenters. The molecule has 160 valence electrons. The number of hydrogen-bond acceptors (Lipinski definition) is 2. The summed E-state index contributed by atoms with van der Waals surface area (Å²) in [5, 5.41) is 1.90. The number of rotatable bonds is 1. The van der Waals surface area contributed by atoms with Gasteiger partial charge in [0.05, 0.1) is 26.2 Å². The second-order valence-electron chi connectivity index (χ2n) is 8.98. The van der Waals surface area contributed by atoms with Gasteiger partial charge in [-0.2, -0.15) is 0 Å². The lowest BCUT2D eigenvalue weighted by Crippen LogP contribution is -2.56. The number of benzene rings is 4. The number of alkyl halides is 2. The van der Waals surface area contributed by atoms with Crippen molar-refractivity contribution in [2.45, 2.75) is 8.65 Å². The Morgan fingerprint density at radius 2 is 1.00 bits per heavy atom. The summed E-state index contributed by atoms with van der Waals surface area (Å²) in [6.07, 6.45) is 0. The summed E-state index contributed by atoms with van der Waals surface area (Å²) in [5.41, 5.74) is 4.83. The van der Waals surface area contributed by atoms with Gasteiger partial charge >= 0.3 is 0 Å². The Morgan fingerprint density at radius 1 is 0.576 bits per heavy atom. The number of hydrogen-bond donors (Lipinski definition) is 0. The molecule has 4 aromatic carbocycles. The SMILES string of the molecule is O=C1[C@@H]2[C@@H](C(=O)N1c1cccc3ccccc13)C1(Br)c3ccccc3C2(Br)c2ccccc21. The van der Waals surface area contributed by atoms with Gasteiger partial charge in [-0.15, -0.1) is 0 Å². The lowest BCUT2D eigenvalue weighted by atomic mass is 9.54. The van der Waals surface area contributed by atoms with Crippen LogP contribution in [0.15, 0.2) is 91.0 Å². The van der Waals surface area contributed by atoms with Crippen LogP contribution in [0.3, 0.4) is 0 Å². The predicted octanol–water partition coefficient (Wildman–Crippen LogP) is 6.25. The van der Waals surface area contributed by atoms with Crippen LogP contribution in [0.2, 0.25) is 0 Å². The molecule has 3 aliphatic carbocycles. The topological polar surface area (TPSA) is 37.4 Å². The summed E-state index contributed by atoms with van der Waals surface area (Å²) in [6.45, 7) is 0. The van der Waals surface area contributed by atoms with E-state index in [-0.39, 0.29) is 11.8 Å². The van der Waals surface area contributed by atoms with Crippen molar-refractivity contribution in [2.24, 2.45) is 11.8 Å². The highest BCUT2D eigenvalue weighted by Gasteiger charge is 2.72. The first-order valence-electron chi connectivity index (χ1n) is 10.9. The van der Waals surface area contributed by atoms with Crippen LogP contribution in [0.25, 0.3) is 10.8 Å². The summed E-state index contributed by atoms with van der Waals surface area (Å²) in [7, 11) is 0. The van der Waals surface area contributed by atoms with Crippen LogP contribution in [0.5, 0.6) is 0 Å². The molecule has 5 heteroatoms. The molecule has 1 fully saturated rings. The highest BCUT2D eigenvalue weighted by molar-refractivity contribution is 9.10. The van der Waals surface area contributed by atoms with Gasteiger partial charge in [-0.25, -0.2) is 4.90 Å². The summed E-state index contributed by atoms with van der Waals surface area (Å²) in [4.78, 5) is 29.8. The van der Waals surface area contributed by atoms with Gasteiger partial charge in [0.25, 0.3) is 0 Å². The maximum atomic E-state index is 14.2. The lowest BCUT2D eigenvalue weighted by Gasteiger charge is -2.55. The third-order valence-electron chi connectivity index (χ3n) is 7.59. The van der Waals surface area contributed by atoms with E-state index in [1.54, 1.807) is 0 Å². The monoisotopic (exact) mass is 557 g/mol. The van der Waals surface area contributed by atoms with E-state index in [1.165, 1.54) is 4.90 Å². The number of nitrogens with zero attached hydrogens (tertiary/aromatic N) is 1. The molecule has 0 N–H and O–H groups in total. The fourth-order valence-electron chi connectivity index (χ4n) is 6.31. The van der Waals surface area contributed by atoms with Crippen molar-refractivity contribution in [3.8, 4) is 0 Å². The average molecular weight is 559 g/mol. The minimum Gasteiger partial charge on any atom is -0.274 e.